The molecule has 0 spiro atoms. The van der Waals surface area contributed by atoms with Crippen LogP contribution in [0, 0.1) is 5.92 Å². The lowest BCUT2D eigenvalue weighted by Crippen LogP contribution is -2.48. The van der Waals surface area contributed by atoms with Crippen LogP contribution >= 0.6 is 0 Å². The van der Waals surface area contributed by atoms with Gasteiger partial charge in [-0.15, -0.1) is 0 Å². The molecule has 1 saturated heterocycles. The van der Waals surface area contributed by atoms with Crippen molar-refractivity contribution in [2.24, 2.45) is 5.92 Å². The Morgan fingerprint density at radius 1 is 1.11 bits per heavy atom. The molecule has 2 fully saturated rings. The Hall–Kier alpha value is -1.69. The Bertz CT molecular complexity index is 716. The molecule has 1 aromatic heterocycles. The van der Waals surface area contributed by atoms with Crippen LogP contribution in [-0.2, 0) is 16.8 Å². The molecule has 28 heavy (non-hydrogen) atoms. The number of carbonyl (C=O) groups excluding carboxylic acids is 1. The van der Waals surface area contributed by atoms with Gasteiger partial charge in [-0.25, -0.2) is 4.68 Å². The first-order chi connectivity index (χ1) is 13.3. The third-order valence-electron chi connectivity index (χ3n) is 6.22. The van der Waals surface area contributed by atoms with Crippen molar-refractivity contribution in [2.45, 2.75) is 83.7 Å². The van der Waals surface area contributed by atoms with Crippen LogP contribution in [0.5, 0.6) is 0 Å². The second kappa shape index (κ2) is 9.21. The van der Waals surface area contributed by atoms with Crippen LogP contribution in [0.2, 0.25) is 0 Å². The van der Waals surface area contributed by atoms with Crippen LogP contribution in [0.3, 0.4) is 0 Å². The lowest BCUT2D eigenvalue weighted by atomic mass is 9.92. The summed E-state index contributed by atoms with van der Waals surface area (Å²) < 4.78 is 1.60. The molecular weight excluding hydrogens is 352 g/mol. The van der Waals surface area contributed by atoms with Gasteiger partial charge in [-0.3, -0.25) is 14.5 Å². The molecule has 1 atom stereocenters. The topological polar surface area (TPSA) is 67.2 Å². The molecular formula is C22H36N4O2. The molecule has 1 aliphatic carbocycles. The first kappa shape index (κ1) is 21.0. The van der Waals surface area contributed by atoms with Crippen molar-refractivity contribution >= 4 is 5.91 Å². The maximum Gasteiger partial charge on any atom is 0.266 e. The number of hydrogen-bond acceptors (Lipinski definition) is 4. The first-order valence-corrected chi connectivity index (χ1v) is 10.9. The molecule has 0 aromatic carbocycles. The van der Waals surface area contributed by atoms with Gasteiger partial charge in [0.1, 0.15) is 0 Å². The number of carbonyl (C=O) groups is 1. The molecule has 1 saturated carbocycles. The van der Waals surface area contributed by atoms with Crippen LogP contribution < -0.4 is 10.9 Å². The van der Waals surface area contributed by atoms with E-state index in [1.807, 2.05) is 6.07 Å². The zero-order valence-corrected chi connectivity index (χ0v) is 17.7. The standard InChI is InChI=1S/C22H36N4O2/c1-22(2,3)19-11-12-20(27)26(24-19)15-14-25-13-7-6-10-18(25)16-23-21(28)17-8-4-5-9-17/h11-12,17-18H,4-10,13-16H2,1-3H3,(H,23,28). The third kappa shape index (κ3) is 5.43. The molecule has 0 radical (unpaired) electrons. The van der Waals surface area contributed by atoms with Gasteiger partial charge >= 0.3 is 0 Å². The van der Waals surface area contributed by atoms with Crippen LogP contribution in [0.25, 0.3) is 0 Å². The highest BCUT2D eigenvalue weighted by molar-refractivity contribution is 5.78. The number of piperidine rings is 1. The summed E-state index contributed by atoms with van der Waals surface area (Å²) in [7, 11) is 0. The van der Waals surface area contributed by atoms with Crippen molar-refractivity contribution in [3.63, 3.8) is 0 Å². The summed E-state index contributed by atoms with van der Waals surface area (Å²) in [4.78, 5) is 27.0. The van der Waals surface area contributed by atoms with Gasteiger partial charge in [-0.2, -0.15) is 5.10 Å². The average molecular weight is 389 g/mol. The van der Waals surface area contributed by atoms with Crippen molar-refractivity contribution < 1.29 is 4.79 Å². The number of likely N-dealkylation sites (tertiary alicyclic amines) is 1. The van der Waals surface area contributed by atoms with Gasteiger partial charge in [0.05, 0.1) is 12.2 Å². The minimum atomic E-state index is -0.0758. The summed E-state index contributed by atoms with van der Waals surface area (Å²) in [5.41, 5.74) is 0.815. The summed E-state index contributed by atoms with van der Waals surface area (Å²) in [5, 5.41) is 7.79. The number of nitrogens with zero attached hydrogens (tertiary/aromatic N) is 3. The smallest absolute Gasteiger partial charge is 0.266 e. The Balaban J connectivity index is 1.57. The molecule has 1 unspecified atom stereocenters. The average Bonchev–Trinajstić information content (AvgIpc) is 3.20. The predicted octanol–water partition coefficient (Wildman–Crippen LogP) is 2.70. The first-order valence-electron chi connectivity index (χ1n) is 10.9. The molecule has 1 aliphatic heterocycles. The molecule has 1 N–H and O–H groups in total. The van der Waals surface area contributed by atoms with Crippen molar-refractivity contribution in [3.05, 3.63) is 28.2 Å². The number of aromatic nitrogens is 2. The van der Waals surface area contributed by atoms with Crippen LogP contribution in [0.1, 0.15) is 71.4 Å². The molecule has 3 rings (SSSR count). The van der Waals surface area contributed by atoms with Crippen molar-refractivity contribution in [2.75, 3.05) is 19.6 Å². The Kier molecular flexibility index (Phi) is 6.91. The second-order valence-electron chi connectivity index (χ2n) is 9.44. The summed E-state index contributed by atoms with van der Waals surface area (Å²) >= 11 is 0. The van der Waals surface area contributed by atoms with Crippen LogP contribution in [-0.4, -0.2) is 46.3 Å². The van der Waals surface area contributed by atoms with Gasteiger partial charge < -0.3 is 5.32 Å². The molecule has 6 nitrogen and oxygen atoms in total. The minimum Gasteiger partial charge on any atom is -0.354 e. The van der Waals surface area contributed by atoms with Gasteiger partial charge in [0, 0.05) is 36.5 Å². The fourth-order valence-electron chi connectivity index (χ4n) is 4.37. The summed E-state index contributed by atoms with van der Waals surface area (Å²) in [6.45, 7) is 9.46. The molecule has 2 aliphatic rings. The Morgan fingerprint density at radius 3 is 2.54 bits per heavy atom. The molecule has 6 heteroatoms. The fraction of sp³-hybridized carbons (Fsp3) is 0.773. The van der Waals surface area contributed by atoms with Crippen molar-refractivity contribution in [1.82, 2.24) is 20.0 Å². The van der Waals surface area contributed by atoms with Crippen LogP contribution in [0.4, 0.5) is 0 Å². The second-order valence-corrected chi connectivity index (χ2v) is 9.44. The molecule has 0 bridgehead atoms. The quantitative estimate of drug-likeness (QED) is 0.814. The lowest BCUT2D eigenvalue weighted by molar-refractivity contribution is -0.125. The van der Waals surface area contributed by atoms with Crippen LogP contribution in [0.15, 0.2) is 16.9 Å². The zero-order chi connectivity index (χ0) is 20.1. The van der Waals surface area contributed by atoms with E-state index in [-0.39, 0.29) is 22.8 Å². The number of rotatable bonds is 6. The van der Waals surface area contributed by atoms with E-state index in [4.69, 9.17) is 0 Å². The van der Waals surface area contributed by atoms with E-state index in [2.05, 4.69) is 36.1 Å². The summed E-state index contributed by atoms with van der Waals surface area (Å²) in [6, 6.07) is 3.82. The van der Waals surface area contributed by atoms with Gasteiger partial charge in [0.2, 0.25) is 5.91 Å². The third-order valence-corrected chi connectivity index (χ3v) is 6.22. The lowest BCUT2D eigenvalue weighted by Gasteiger charge is -2.36. The summed E-state index contributed by atoms with van der Waals surface area (Å²) in [6.07, 6.45) is 7.94. The minimum absolute atomic E-state index is 0.0453. The molecule has 2 heterocycles. The SMILES string of the molecule is CC(C)(C)c1ccc(=O)n(CCN2CCCCC2CNC(=O)C2CCCC2)n1. The Labute approximate surface area is 168 Å². The maximum atomic E-state index is 12.4. The van der Waals surface area contributed by atoms with Gasteiger partial charge in [-0.05, 0) is 38.3 Å². The van der Waals surface area contributed by atoms with Gasteiger partial charge in [0.25, 0.3) is 5.56 Å². The summed E-state index contributed by atoms with van der Waals surface area (Å²) in [5.74, 6) is 0.457. The van der Waals surface area contributed by atoms with Gasteiger partial charge in [0.15, 0.2) is 0 Å². The van der Waals surface area contributed by atoms with Crippen molar-refractivity contribution in [1.29, 1.82) is 0 Å². The highest BCUT2D eigenvalue weighted by Gasteiger charge is 2.26. The van der Waals surface area contributed by atoms with E-state index in [1.165, 1.54) is 25.7 Å². The Morgan fingerprint density at radius 2 is 1.82 bits per heavy atom. The van der Waals surface area contributed by atoms with E-state index in [9.17, 15) is 9.59 Å². The predicted molar refractivity (Wildman–Crippen MR) is 111 cm³/mol. The normalized spacial score (nSPS) is 21.8. The molecule has 1 amide bonds. The largest absolute Gasteiger partial charge is 0.354 e. The fourth-order valence-corrected chi connectivity index (χ4v) is 4.37. The number of hydrogen-bond donors (Lipinski definition) is 1. The van der Waals surface area contributed by atoms with Crippen molar-refractivity contribution in [3.8, 4) is 0 Å². The van der Waals surface area contributed by atoms with E-state index in [0.29, 0.717) is 12.6 Å². The number of nitrogens with one attached hydrogen (secondary N) is 1. The number of amides is 1. The van der Waals surface area contributed by atoms with Gasteiger partial charge in [-0.1, -0.05) is 40.0 Å². The monoisotopic (exact) mass is 388 g/mol. The highest BCUT2D eigenvalue weighted by atomic mass is 16.2. The van der Waals surface area contributed by atoms with E-state index < -0.39 is 0 Å². The molecule has 156 valence electrons. The van der Waals surface area contributed by atoms with E-state index >= 15 is 0 Å². The maximum absolute atomic E-state index is 12.4. The van der Waals surface area contributed by atoms with E-state index in [1.54, 1.807) is 10.7 Å². The zero-order valence-electron chi connectivity index (χ0n) is 17.7. The van der Waals surface area contributed by atoms with E-state index in [0.717, 1.165) is 44.6 Å². The molecule has 1 aromatic rings. The highest BCUT2D eigenvalue weighted by Crippen LogP contribution is 2.25.